The van der Waals surface area contributed by atoms with Crippen molar-refractivity contribution >= 4 is 11.9 Å². The van der Waals surface area contributed by atoms with Gasteiger partial charge in [-0.05, 0) is 17.3 Å². The van der Waals surface area contributed by atoms with Crippen molar-refractivity contribution in [3.63, 3.8) is 0 Å². The van der Waals surface area contributed by atoms with Gasteiger partial charge >= 0.3 is 5.97 Å². The van der Waals surface area contributed by atoms with Crippen LogP contribution in [0.2, 0.25) is 0 Å². The fourth-order valence-corrected chi connectivity index (χ4v) is 3.27. The van der Waals surface area contributed by atoms with Crippen molar-refractivity contribution in [2.24, 2.45) is 28.9 Å². The van der Waals surface area contributed by atoms with E-state index in [4.69, 9.17) is 5.73 Å². The van der Waals surface area contributed by atoms with Crippen LogP contribution in [0.15, 0.2) is 0 Å². The van der Waals surface area contributed by atoms with Gasteiger partial charge in [0.1, 0.15) is 6.04 Å². The Hall–Kier alpha value is -1.10. The SMILES string of the molecule is CC(C)[C@H](N)C(=O)N1C[C@H]2[C@@H]([C@H]1C(=O)O)C2(C)C. The number of likely N-dealkylation sites (tertiary alicyclic amines) is 1. The highest BCUT2D eigenvalue weighted by atomic mass is 16.4. The molecule has 4 atom stereocenters. The number of piperidine rings is 1. The Bertz CT molecular complexity index is 392. The quantitative estimate of drug-likeness (QED) is 0.770. The Labute approximate surface area is 107 Å². The molecule has 1 saturated carbocycles. The molecule has 102 valence electrons. The van der Waals surface area contributed by atoms with Crippen LogP contribution in [-0.4, -0.2) is 40.5 Å². The molecular formula is C13H22N2O3. The highest BCUT2D eigenvalue weighted by Crippen LogP contribution is 2.64. The highest BCUT2D eigenvalue weighted by Gasteiger charge is 2.69. The molecule has 5 nitrogen and oxygen atoms in total. The minimum Gasteiger partial charge on any atom is -0.480 e. The molecule has 2 fully saturated rings. The van der Waals surface area contributed by atoms with Gasteiger partial charge in [0.15, 0.2) is 0 Å². The second-order valence-electron chi connectivity index (χ2n) is 6.50. The molecule has 5 heteroatoms. The summed E-state index contributed by atoms with van der Waals surface area (Å²) in [7, 11) is 0. The van der Waals surface area contributed by atoms with Gasteiger partial charge in [-0.3, -0.25) is 4.79 Å². The molecule has 0 radical (unpaired) electrons. The first-order valence-electron chi connectivity index (χ1n) is 6.48. The van der Waals surface area contributed by atoms with Gasteiger partial charge in [0.25, 0.3) is 0 Å². The van der Waals surface area contributed by atoms with Gasteiger partial charge < -0.3 is 15.7 Å². The number of carboxylic acids is 1. The van der Waals surface area contributed by atoms with Crippen LogP contribution >= 0.6 is 0 Å². The molecule has 0 unspecified atom stereocenters. The molecule has 0 spiro atoms. The molecule has 1 heterocycles. The van der Waals surface area contributed by atoms with E-state index in [2.05, 4.69) is 13.8 Å². The number of rotatable bonds is 3. The number of carboxylic acid groups (broad SMARTS) is 1. The number of nitrogens with two attached hydrogens (primary N) is 1. The predicted octanol–water partition coefficient (Wildman–Crippen LogP) is 0.537. The molecule has 2 aliphatic rings. The van der Waals surface area contributed by atoms with E-state index < -0.39 is 18.1 Å². The molecule has 1 amide bonds. The van der Waals surface area contributed by atoms with Crippen LogP contribution in [0.25, 0.3) is 0 Å². The standard InChI is InChI=1S/C13H22N2O3/c1-6(2)9(14)11(16)15-5-7-8(13(7,3)4)10(15)12(17)18/h6-10H,5,14H2,1-4H3,(H,17,18)/t7-,8-,9-,10-/m0/s1. The summed E-state index contributed by atoms with van der Waals surface area (Å²) in [6.07, 6.45) is 0. The topological polar surface area (TPSA) is 83.6 Å². The molecule has 0 aromatic carbocycles. The number of carbonyl (C=O) groups excluding carboxylic acids is 1. The molecule has 1 aliphatic heterocycles. The van der Waals surface area contributed by atoms with Crippen LogP contribution in [0.1, 0.15) is 27.7 Å². The van der Waals surface area contributed by atoms with E-state index in [1.165, 1.54) is 4.90 Å². The summed E-state index contributed by atoms with van der Waals surface area (Å²) in [6.45, 7) is 8.43. The van der Waals surface area contributed by atoms with Crippen molar-refractivity contribution in [1.29, 1.82) is 0 Å². The van der Waals surface area contributed by atoms with Crippen LogP contribution < -0.4 is 5.73 Å². The van der Waals surface area contributed by atoms with E-state index in [-0.39, 0.29) is 23.2 Å². The van der Waals surface area contributed by atoms with Gasteiger partial charge in [-0.1, -0.05) is 27.7 Å². The lowest BCUT2D eigenvalue weighted by Crippen LogP contribution is -2.52. The fraction of sp³-hybridized carbons (Fsp3) is 0.846. The number of carbonyl (C=O) groups is 2. The first-order chi connectivity index (χ1) is 8.19. The maximum atomic E-state index is 12.2. The minimum atomic E-state index is -0.905. The average Bonchev–Trinajstić information content (AvgIpc) is 2.65. The molecule has 3 N–H and O–H groups in total. The van der Waals surface area contributed by atoms with Gasteiger partial charge in [0, 0.05) is 12.5 Å². The van der Waals surface area contributed by atoms with Crippen molar-refractivity contribution in [1.82, 2.24) is 4.90 Å². The number of amides is 1. The lowest BCUT2D eigenvalue weighted by atomic mass is 9.98. The van der Waals surface area contributed by atoms with Gasteiger partial charge in [-0.25, -0.2) is 4.79 Å². The molecule has 1 aliphatic carbocycles. The van der Waals surface area contributed by atoms with Crippen molar-refractivity contribution in [3.05, 3.63) is 0 Å². The summed E-state index contributed by atoms with van der Waals surface area (Å²) in [5.41, 5.74) is 5.89. The molecule has 1 saturated heterocycles. The number of hydrogen-bond donors (Lipinski definition) is 2. The lowest BCUT2D eigenvalue weighted by Gasteiger charge is -2.31. The number of hydrogen-bond acceptors (Lipinski definition) is 3. The zero-order valence-electron chi connectivity index (χ0n) is 11.4. The van der Waals surface area contributed by atoms with Crippen molar-refractivity contribution in [2.45, 2.75) is 39.8 Å². The monoisotopic (exact) mass is 254 g/mol. The van der Waals surface area contributed by atoms with Crippen molar-refractivity contribution in [2.75, 3.05) is 6.54 Å². The van der Waals surface area contributed by atoms with E-state index >= 15 is 0 Å². The van der Waals surface area contributed by atoms with Gasteiger partial charge in [0.05, 0.1) is 6.04 Å². The molecule has 0 aromatic heterocycles. The molecular weight excluding hydrogens is 232 g/mol. The third-order valence-corrected chi connectivity index (χ3v) is 4.75. The summed E-state index contributed by atoms with van der Waals surface area (Å²) in [5, 5.41) is 9.35. The van der Waals surface area contributed by atoms with Crippen LogP contribution in [0.5, 0.6) is 0 Å². The fourth-order valence-electron chi connectivity index (χ4n) is 3.27. The Morgan fingerprint density at radius 1 is 1.39 bits per heavy atom. The molecule has 0 aromatic rings. The van der Waals surface area contributed by atoms with Crippen LogP contribution in [0.4, 0.5) is 0 Å². The van der Waals surface area contributed by atoms with Crippen LogP contribution in [0, 0.1) is 23.2 Å². The summed E-state index contributed by atoms with van der Waals surface area (Å²) in [6, 6.07) is -1.30. The van der Waals surface area contributed by atoms with E-state index in [1.54, 1.807) is 0 Å². The van der Waals surface area contributed by atoms with E-state index in [1.807, 2.05) is 13.8 Å². The number of fused-ring (bicyclic) bond motifs is 1. The maximum absolute atomic E-state index is 12.2. The highest BCUT2D eigenvalue weighted by molar-refractivity contribution is 5.88. The summed E-state index contributed by atoms with van der Waals surface area (Å²) < 4.78 is 0. The first-order valence-corrected chi connectivity index (χ1v) is 6.48. The van der Waals surface area contributed by atoms with Gasteiger partial charge in [-0.2, -0.15) is 0 Å². The Kier molecular flexibility index (Phi) is 2.93. The molecule has 0 bridgehead atoms. The zero-order valence-corrected chi connectivity index (χ0v) is 11.4. The van der Waals surface area contributed by atoms with E-state index in [0.717, 1.165) is 0 Å². The van der Waals surface area contributed by atoms with Crippen molar-refractivity contribution in [3.8, 4) is 0 Å². The van der Waals surface area contributed by atoms with Gasteiger partial charge in [0.2, 0.25) is 5.91 Å². The maximum Gasteiger partial charge on any atom is 0.326 e. The molecule has 18 heavy (non-hydrogen) atoms. The average molecular weight is 254 g/mol. The summed E-state index contributed by atoms with van der Waals surface area (Å²) in [4.78, 5) is 25.1. The van der Waals surface area contributed by atoms with Crippen LogP contribution in [0.3, 0.4) is 0 Å². The lowest BCUT2D eigenvalue weighted by molar-refractivity contribution is -0.151. The normalized spacial score (nSPS) is 34.3. The second-order valence-corrected chi connectivity index (χ2v) is 6.50. The largest absolute Gasteiger partial charge is 0.480 e. The van der Waals surface area contributed by atoms with E-state index in [9.17, 15) is 14.7 Å². The Morgan fingerprint density at radius 3 is 2.39 bits per heavy atom. The Balaban J connectivity index is 2.17. The third-order valence-electron chi connectivity index (χ3n) is 4.75. The van der Waals surface area contributed by atoms with E-state index in [0.29, 0.717) is 12.5 Å². The number of nitrogens with zero attached hydrogens (tertiary/aromatic N) is 1. The van der Waals surface area contributed by atoms with Gasteiger partial charge in [-0.15, -0.1) is 0 Å². The predicted molar refractivity (Wildman–Crippen MR) is 66.7 cm³/mol. The van der Waals surface area contributed by atoms with Crippen LogP contribution in [-0.2, 0) is 9.59 Å². The zero-order chi connectivity index (χ0) is 13.8. The molecule has 2 rings (SSSR count). The summed E-state index contributed by atoms with van der Waals surface area (Å²) in [5.74, 6) is -0.713. The number of aliphatic carboxylic acids is 1. The summed E-state index contributed by atoms with van der Waals surface area (Å²) >= 11 is 0. The third kappa shape index (κ3) is 1.72. The Morgan fingerprint density at radius 2 is 1.94 bits per heavy atom. The van der Waals surface area contributed by atoms with Crippen molar-refractivity contribution < 1.29 is 14.7 Å². The second kappa shape index (κ2) is 3.95. The first kappa shape index (κ1) is 13.3. The minimum absolute atomic E-state index is 0.0249. The smallest absolute Gasteiger partial charge is 0.326 e.